The van der Waals surface area contributed by atoms with Crippen LogP contribution in [0.2, 0.25) is 0 Å². The Bertz CT molecular complexity index is 1020. The normalized spacial score (nSPS) is 12.2. The van der Waals surface area contributed by atoms with Gasteiger partial charge in [-0.15, -0.1) is 0 Å². The summed E-state index contributed by atoms with van der Waals surface area (Å²) in [4.78, 5) is 24.2. The first-order valence-corrected chi connectivity index (χ1v) is 9.65. The van der Waals surface area contributed by atoms with Crippen molar-refractivity contribution in [2.45, 2.75) is 27.4 Å². The van der Waals surface area contributed by atoms with Crippen LogP contribution in [0.3, 0.4) is 0 Å². The van der Waals surface area contributed by atoms with E-state index in [2.05, 4.69) is 15.2 Å². The van der Waals surface area contributed by atoms with Crippen molar-refractivity contribution >= 4 is 35.1 Å². The maximum absolute atomic E-state index is 14.2. The van der Waals surface area contributed by atoms with Crippen molar-refractivity contribution in [1.29, 1.82) is 0 Å². The van der Waals surface area contributed by atoms with E-state index >= 15 is 0 Å². The summed E-state index contributed by atoms with van der Waals surface area (Å²) in [5.74, 6) is -2.20. The number of allylic oxidation sites excluding steroid dienone is 1. The molecule has 2 aromatic carbocycles. The highest BCUT2D eigenvalue weighted by molar-refractivity contribution is 6.17. The summed E-state index contributed by atoms with van der Waals surface area (Å²) in [6.07, 6.45) is 0.460. The van der Waals surface area contributed by atoms with E-state index in [-0.39, 0.29) is 11.5 Å². The van der Waals surface area contributed by atoms with Gasteiger partial charge in [-0.1, -0.05) is 12.1 Å². The van der Waals surface area contributed by atoms with Crippen LogP contribution in [-0.2, 0) is 9.59 Å². The van der Waals surface area contributed by atoms with Gasteiger partial charge in [-0.25, -0.2) is 4.39 Å². The molecule has 170 valence electrons. The fourth-order valence-electron chi connectivity index (χ4n) is 2.79. The van der Waals surface area contributed by atoms with Crippen LogP contribution in [0.1, 0.15) is 26.3 Å². The largest absolute Gasteiger partial charge is 0.435 e. The zero-order valence-corrected chi connectivity index (χ0v) is 18.1. The number of carbonyl (C=O) groups is 2. The molecule has 0 saturated heterocycles. The molecule has 2 rings (SSSR count). The molecule has 0 aliphatic heterocycles. The summed E-state index contributed by atoms with van der Waals surface area (Å²) >= 11 is 0. The lowest BCUT2D eigenvalue weighted by atomic mass is 10.1. The minimum Gasteiger partial charge on any atom is -0.435 e. The summed E-state index contributed by atoms with van der Waals surface area (Å²) in [6.45, 7) is 1.87. The molecule has 0 aliphatic carbocycles. The molecule has 0 saturated carbocycles. The monoisotopic (exact) mass is 447 g/mol. The fraction of sp³-hybridized carbons (Fsp3) is 0.261. The van der Waals surface area contributed by atoms with Gasteiger partial charge in [0.15, 0.2) is 0 Å². The molecule has 0 aromatic heterocycles. The van der Waals surface area contributed by atoms with E-state index in [0.717, 1.165) is 0 Å². The molecule has 0 fully saturated rings. The first-order chi connectivity index (χ1) is 15.1. The number of hydrogen-bond donors (Lipinski definition) is 1. The average molecular weight is 447 g/mol. The number of nitrogens with one attached hydrogen (secondary N) is 1. The molecular formula is C23H24F3N3O3. The predicted octanol–water partition coefficient (Wildman–Crippen LogP) is 5.27. The van der Waals surface area contributed by atoms with Crippen LogP contribution in [0.5, 0.6) is 5.75 Å². The first-order valence-electron chi connectivity index (χ1n) is 9.65. The summed E-state index contributed by atoms with van der Waals surface area (Å²) < 4.78 is 43.0. The Morgan fingerprint density at radius 2 is 1.78 bits per heavy atom. The van der Waals surface area contributed by atoms with Gasteiger partial charge in [-0.3, -0.25) is 9.80 Å². The quantitative estimate of drug-likeness (QED) is 0.246. The molecule has 1 unspecified atom stereocenters. The number of rotatable bonds is 9. The molecule has 1 amide bonds. The highest BCUT2D eigenvalue weighted by Gasteiger charge is 2.22. The van der Waals surface area contributed by atoms with E-state index in [1.165, 1.54) is 42.3 Å². The van der Waals surface area contributed by atoms with Crippen molar-refractivity contribution in [3.05, 3.63) is 59.7 Å². The standard InChI is InChI=1S/C23H24F3N3O3/c1-14(2)21(24)16-6-5-7-17(12-16)27-22(31)20(13-30)15(3)28-29(4)18-8-10-19(11-9-18)32-23(25)26/h5-13,20,23H,1-4H3,(H,27,31)/b28-15-. The topological polar surface area (TPSA) is 71.0 Å². The Morgan fingerprint density at radius 3 is 2.34 bits per heavy atom. The summed E-state index contributed by atoms with van der Waals surface area (Å²) in [7, 11) is 1.58. The van der Waals surface area contributed by atoms with E-state index in [9.17, 15) is 22.8 Å². The van der Waals surface area contributed by atoms with Crippen molar-refractivity contribution in [3.8, 4) is 5.75 Å². The van der Waals surface area contributed by atoms with Gasteiger partial charge in [0.05, 0.1) is 11.4 Å². The van der Waals surface area contributed by atoms with Crippen molar-refractivity contribution in [1.82, 2.24) is 0 Å². The third-order valence-corrected chi connectivity index (χ3v) is 4.43. The molecule has 0 bridgehead atoms. The average Bonchev–Trinajstić information content (AvgIpc) is 2.73. The second kappa shape index (κ2) is 11.1. The Balaban J connectivity index is 2.14. The van der Waals surface area contributed by atoms with Crippen LogP contribution in [0, 0.1) is 5.92 Å². The highest BCUT2D eigenvalue weighted by atomic mass is 19.3. The SMILES string of the molecule is CC(C)=C(F)c1cccc(NC(=O)C(C=O)/C(C)=N\N(C)c2ccc(OC(F)F)cc2)c1. The zero-order valence-electron chi connectivity index (χ0n) is 18.1. The molecule has 32 heavy (non-hydrogen) atoms. The van der Waals surface area contributed by atoms with Crippen LogP contribution in [0.4, 0.5) is 24.5 Å². The first kappa shape index (κ1) is 24.6. The van der Waals surface area contributed by atoms with Gasteiger partial charge in [0, 0.05) is 18.3 Å². The fourth-order valence-corrected chi connectivity index (χ4v) is 2.79. The molecule has 1 atom stereocenters. The predicted molar refractivity (Wildman–Crippen MR) is 119 cm³/mol. The van der Waals surface area contributed by atoms with Crippen molar-refractivity contribution in [2.24, 2.45) is 11.0 Å². The minimum atomic E-state index is -2.93. The van der Waals surface area contributed by atoms with Gasteiger partial charge in [0.25, 0.3) is 0 Å². The summed E-state index contributed by atoms with van der Waals surface area (Å²) in [5.41, 5.74) is 1.89. The van der Waals surface area contributed by atoms with E-state index in [1.54, 1.807) is 39.1 Å². The Kier molecular flexibility index (Phi) is 8.57. The van der Waals surface area contributed by atoms with Crippen LogP contribution in [0.25, 0.3) is 5.83 Å². The lowest BCUT2D eigenvalue weighted by Crippen LogP contribution is -2.31. The third-order valence-electron chi connectivity index (χ3n) is 4.43. The molecule has 2 aromatic rings. The van der Waals surface area contributed by atoms with E-state index in [4.69, 9.17) is 0 Å². The van der Waals surface area contributed by atoms with Crippen LogP contribution >= 0.6 is 0 Å². The van der Waals surface area contributed by atoms with Crippen LogP contribution < -0.4 is 15.1 Å². The number of amides is 1. The van der Waals surface area contributed by atoms with Crippen molar-refractivity contribution < 1.29 is 27.5 Å². The van der Waals surface area contributed by atoms with Gasteiger partial charge in [0.2, 0.25) is 5.91 Å². The second-order valence-electron chi connectivity index (χ2n) is 7.14. The van der Waals surface area contributed by atoms with Crippen molar-refractivity contribution in [2.75, 3.05) is 17.4 Å². The smallest absolute Gasteiger partial charge is 0.387 e. The Labute approximate surface area is 184 Å². The molecule has 0 heterocycles. The van der Waals surface area contributed by atoms with Gasteiger partial charge in [-0.2, -0.15) is 13.9 Å². The lowest BCUT2D eigenvalue weighted by molar-refractivity contribution is -0.122. The zero-order chi connectivity index (χ0) is 23.8. The molecule has 0 aliphatic rings. The number of hydrogen-bond acceptors (Lipinski definition) is 5. The van der Waals surface area contributed by atoms with E-state index in [1.807, 2.05) is 0 Å². The molecule has 0 radical (unpaired) electrons. The van der Waals surface area contributed by atoms with E-state index < -0.39 is 24.3 Å². The molecule has 9 heteroatoms. The maximum Gasteiger partial charge on any atom is 0.387 e. The molecule has 6 nitrogen and oxygen atoms in total. The van der Waals surface area contributed by atoms with Gasteiger partial charge >= 0.3 is 6.61 Å². The summed E-state index contributed by atoms with van der Waals surface area (Å²) in [6, 6.07) is 12.0. The highest BCUT2D eigenvalue weighted by Crippen LogP contribution is 2.23. The van der Waals surface area contributed by atoms with Gasteiger partial charge in [-0.05, 0) is 62.7 Å². The maximum atomic E-state index is 14.2. The van der Waals surface area contributed by atoms with E-state index in [0.29, 0.717) is 28.8 Å². The lowest BCUT2D eigenvalue weighted by Gasteiger charge is -2.17. The third kappa shape index (κ3) is 6.69. The number of ether oxygens (including phenoxy) is 1. The number of benzene rings is 2. The number of aldehydes is 1. The van der Waals surface area contributed by atoms with Gasteiger partial charge in [0.1, 0.15) is 23.8 Å². The molecular weight excluding hydrogens is 423 g/mol. The Morgan fingerprint density at radius 1 is 1.12 bits per heavy atom. The van der Waals surface area contributed by atoms with Gasteiger partial charge < -0.3 is 14.8 Å². The second-order valence-corrected chi connectivity index (χ2v) is 7.14. The molecule has 0 spiro atoms. The number of anilines is 2. The molecule has 1 N–H and O–H groups in total. The minimum absolute atomic E-state index is 0.00484. The number of carbonyl (C=O) groups excluding carboxylic acids is 2. The Hall–Kier alpha value is -3.62. The number of halogens is 3. The van der Waals surface area contributed by atoms with Crippen LogP contribution in [0.15, 0.2) is 59.2 Å². The number of nitrogens with zero attached hydrogens (tertiary/aromatic N) is 2. The summed E-state index contributed by atoms with van der Waals surface area (Å²) in [5, 5.41) is 8.24. The van der Waals surface area contributed by atoms with Crippen molar-refractivity contribution in [3.63, 3.8) is 0 Å². The number of hydrazone groups is 1. The van der Waals surface area contributed by atoms with Crippen LogP contribution in [-0.4, -0.2) is 31.6 Å². The number of alkyl halides is 2.